The fourth-order valence-corrected chi connectivity index (χ4v) is 7.10. The molecule has 0 spiro atoms. The molecule has 0 unspecified atom stereocenters. The first-order valence-corrected chi connectivity index (χ1v) is 14.3. The molecule has 0 saturated carbocycles. The summed E-state index contributed by atoms with van der Waals surface area (Å²) >= 11 is 12.8. The molecule has 2 aromatic carbocycles. The monoisotopic (exact) mass is 585 g/mol. The van der Waals surface area contributed by atoms with Gasteiger partial charge in [-0.1, -0.05) is 47.5 Å². The quantitative estimate of drug-likeness (QED) is 0.483. The second-order valence-electron chi connectivity index (χ2n) is 8.38. The first kappa shape index (κ1) is 27.6. The highest BCUT2D eigenvalue weighted by molar-refractivity contribution is 8.18. The predicted octanol–water partition coefficient (Wildman–Crippen LogP) is 4.39. The summed E-state index contributed by atoms with van der Waals surface area (Å²) in [6.07, 6.45) is 1.93. The second kappa shape index (κ2) is 11.5. The summed E-state index contributed by atoms with van der Waals surface area (Å²) in [5.41, 5.74) is 0.201. The van der Waals surface area contributed by atoms with Gasteiger partial charge in [0.25, 0.3) is 11.1 Å². The van der Waals surface area contributed by atoms with Crippen molar-refractivity contribution in [2.24, 2.45) is 5.92 Å². The summed E-state index contributed by atoms with van der Waals surface area (Å²) in [4.78, 5) is 38.6. The Hall–Kier alpha value is -2.44. The van der Waals surface area contributed by atoms with E-state index in [2.05, 4.69) is 5.32 Å². The van der Waals surface area contributed by atoms with Crippen LogP contribution in [0.3, 0.4) is 0 Å². The molecule has 0 atom stereocenters. The lowest BCUT2D eigenvalue weighted by Gasteiger charge is -2.31. The molecule has 8 nitrogen and oxygen atoms in total. The van der Waals surface area contributed by atoms with Crippen molar-refractivity contribution in [2.75, 3.05) is 26.2 Å². The number of carbonyl (C=O) groups excluding carboxylic acids is 3. The molecule has 0 bridgehead atoms. The van der Waals surface area contributed by atoms with Crippen molar-refractivity contribution >= 4 is 68.1 Å². The van der Waals surface area contributed by atoms with Gasteiger partial charge in [-0.3, -0.25) is 19.3 Å². The third-order valence-corrected chi connectivity index (χ3v) is 9.84. The molecule has 37 heavy (non-hydrogen) atoms. The van der Waals surface area contributed by atoms with Crippen LogP contribution >= 0.6 is 35.0 Å². The van der Waals surface area contributed by atoms with Gasteiger partial charge in [-0.2, -0.15) is 4.31 Å². The van der Waals surface area contributed by atoms with Crippen molar-refractivity contribution in [3.05, 3.63) is 68.8 Å². The van der Waals surface area contributed by atoms with E-state index in [4.69, 9.17) is 23.2 Å². The SMILES string of the molecule is O=C(NCCN1C(=O)S/C(=C\c2ccccc2F)C1=O)C1CCN(S(=O)(=O)c2cccc(Cl)c2Cl)CC1. The lowest BCUT2D eigenvalue weighted by atomic mass is 9.97. The van der Waals surface area contributed by atoms with E-state index < -0.39 is 32.9 Å². The number of hydrogen-bond donors (Lipinski definition) is 1. The van der Waals surface area contributed by atoms with Gasteiger partial charge in [0, 0.05) is 37.7 Å². The number of nitrogens with one attached hydrogen (secondary N) is 1. The zero-order valence-corrected chi connectivity index (χ0v) is 22.5. The van der Waals surface area contributed by atoms with Gasteiger partial charge in [-0.25, -0.2) is 12.8 Å². The maximum Gasteiger partial charge on any atom is 0.293 e. The number of hydrogen-bond acceptors (Lipinski definition) is 6. The third kappa shape index (κ3) is 6.01. The molecule has 1 N–H and O–H groups in total. The molecule has 2 heterocycles. The lowest BCUT2D eigenvalue weighted by Crippen LogP contribution is -2.44. The molecule has 0 aliphatic carbocycles. The first-order valence-electron chi connectivity index (χ1n) is 11.3. The summed E-state index contributed by atoms with van der Waals surface area (Å²) in [6, 6.07) is 10.3. The number of thioether (sulfide) groups is 1. The molecule has 13 heteroatoms. The van der Waals surface area contributed by atoms with Gasteiger partial charge in [0.15, 0.2) is 0 Å². The number of imide groups is 1. The van der Waals surface area contributed by atoms with E-state index >= 15 is 0 Å². The van der Waals surface area contributed by atoms with Crippen molar-refractivity contribution in [1.82, 2.24) is 14.5 Å². The molecule has 0 aromatic heterocycles. The fraction of sp³-hybridized carbons (Fsp3) is 0.292. The van der Waals surface area contributed by atoms with Crippen molar-refractivity contribution < 1.29 is 27.2 Å². The lowest BCUT2D eigenvalue weighted by molar-refractivity contribution is -0.127. The predicted molar refractivity (Wildman–Crippen MR) is 140 cm³/mol. The van der Waals surface area contributed by atoms with Crippen LogP contribution in [0.2, 0.25) is 10.0 Å². The molecule has 2 aliphatic rings. The normalized spacial score (nSPS) is 18.6. The molecule has 2 aliphatic heterocycles. The van der Waals surface area contributed by atoms with Gasteiger partial charge in [-0.15, -0.1) is 0 Å². The summed E-state index contributed by atoms with van der Waals surface area (Å²) in [7, 11) is -3.86. The van der Waals surface area contributed by atoms with Gasteiger partial charge < -0.3 is 5.32 Å². The number of rotatable bonds is 7. The highest BCUT2D eigenvalue weighted by atomic mass is 35.5. The average molecular weight is 586 g/mol. The van der Waals surface area contributed by atoms with Crippen LogP contribution in [0.5, 0.6) is 0 Å². The van der Waals surface area contributed by atoms with Crippen LogP contribution in [0, 0.1) is 11.7 Å². The Morgan fingerprint density at radius 2 is 1.81 bits per heavy atom. The van der Waals surface area contributed by atoms with E-state index in [0.29, 0.717) is 24.6 Å². The van der Waals surface area contributed by atoms with Crippen LogP contribution in [0.25, 0.3) is 6.08 Å². The number of sulfonamides is 1. The van der Waals surface area contributed by atoms with Crippen molar-refractivity contribution in [2.45, 2.75) is 17.7 Å². The minimum Gasteiger partial charge on any atom is -0.354 e. The number of amides is 3. The van der Waals surface area contributed by atoms with Crippen LogP contribution in [0.4, 0.5) is 9.18 Å². The van der Waals surface area contributed by atoms with Crippen LogP contribution in [0.15, 0.2) is 52.3 Å². The Morgan fingerprint density at radius 3 is 2.51 bits per heavy atom. The van der Waals surface area contributed by atoms with Gasteiger partial charge in [0.2, 0.25) is 15.9 Å². The zero-order chi connectivity index (χ0) is 26.7. The number of benzene rings is 2. The van der Waals surface area contributed by atoms with Gasteiger partial charge in [-0.05, 0) is 48.9 Å². The summed E-state index contributed by atoms with van der Waals surface area (Å²) in [6.45, 7) is 0.270. The van der Waals surface area contributed by atoms with Crippen LogP contribution in [0.1, 0.15) is 18.4 Å². The van der Waals surface area contributed by atoms with Crippen LogP contribution in [-0.4, -0.2) is 60.9 Å². The summed E-state index contributed by atoms with van der Waals surface area (Å²) in [5.74, 6) is -1.76. The van der Waals surface area contributed by atoms with Gasteiger partial charge in [0.05, 0.1) is 15.0 Å². The molecule has 196 valence electrons. The molecular formula is C24H22Cl2FN3O5S2. The largest absolute Gasteiger partial charge is 0.354 e. The molecule has 4 rings (SSSR count). The molecule has 2 saturated heterocycles. The molecular weight excluding hydrogens is 564 g/mol. The molecule has 2 fully saturated rings. The van der Waals surface area contributed by atoms with E-state index in [0.717, 1.165) is 4.90 Å². The van der Waals surface area contributed by atoms with Gasteiger partial charge in [0.1, 0.15) is 10.7 Å². The highest BCUT2D eigenvalue weighted by Gasteiger charge is 2.36. The average Bonchev–Trinajstić information content (AvgIpc) is 3.14. The maximum atomic E-state index is 13.9. The van der Waals surface area contributed by atoms with E-state index in [1.807, 2.05) is 0 Å². The van der Waals surface area contributed by atoms with E-state index in [1.54, 1.807) is 6.07 Å². The fourth-order valence-electron chi connectivity index (χ4n) is 4.04. The number of nitrogens with zero attached hydrogens (tertiary/aromatic N) is 2. The Kier molecular flexibility index (Phi) is 8.59. The molecule has 2 aromatic rings. The first-order chi connectivity index (χ1) is 17.6. The van der Waals surface area contributed by atoms with Crippen LogP contribution < -0.4 is 5.32 Å². The Bertz CT molecular complexity index is 1380. The zero-order valence-electron chi connectivity index (χ0n) is 19.3. The Labute approximate surface area is 227 Å². The number of halogens is 3. The Balaban J connectivity index is 1.28. The highest BCUT2D eigenvalue weighted by Crippen LogP contribution is 2.33. The minimum atomic E-state index is -3.86. The molecule has 3 amide bonds. The van der Waals surface area contributed by atoms with Crippen LogP contribution in [-0.2, 0) is 19.6 Å². The van der Waals surface area contributed by atoms with Crippen molar-refractivity contribution in [3.8, 4) is 0 Å². The third-order valence-electron chi connectivity index (χ3n) is 6.06. The van der Waals surface area contributed by atoms with E-state index in [1.165, 1.54) is 46.8 Å². The standard InChI is InChI=1S/C24H22Cl2FN3O5S2/c25-17-5-3-7-20(21(17)26)37(34,35)29-11-8-15(9-12-29)22(31)28-10-13-30-23(32)19(36-24(30)33)14-16-4-1-2-6-18(16)27/h1-7,14-15H,8-13H2,(H,28,31)/b19-14-. The molecule has 0 radical (unpaired) electrons. The van der Waals surface area contributed by atoms with Gasteiger partial charge >= 0.3 is 0 Å². The number of piperidine rings is 1. The maximum absolute atomic E-state index is 13.9. The minimum absolute atomic E-state index is 0.0362. The topological polar surface area (TPSA) is 104 Å². The second-order valence-corrected chi connectivity index (χ2v) is 12.1. The summed E-state index contributed by atoms with van der Waals surface area (Å²) in [5, 5.41) is 2.31. The van der Waals surface area contributed by atoms with E-state index in [9.17, 15) is 27.2 Å². The van der Waals surface area contributed by atoms with Crippen molar-refractivity contribution in [3.63, 3.8) is 0 Å². The smallest absolute Gasteiger partial charge is 0.293 e. The van der Waals surface area contributed by atoms with E-state index in [-0.39, 0.29) is 57.5 Å². The van der Waals surface area contributed by atoms with Crippen molar-refractivity contribution in [1.29, 1.82) is 0 Å². The number of carbonyl (C=O) groups is 3. The Morgan fingerprint density at radius 1 is 1.11 bits per heavy atom. The summed E-state index contributed by atoms with van der Waals surface area (Å²) < 4.78 is 41.1.